The summed E-state index contributed by atoms with van der Waals surface area (Å²) in [6.07, 6.45) is 3.70. The van der Waals surface area contributed by atoms with Gasteiger partial charge in [-0.25, -0.2) is 4.98 Å². The van der Waals surface area contributed by atoms with E-state index < -0.39 is 0 Å². The highest BCUT2D eigenvalue weighted by molar-refractivity contribution is 5.75. The van der Waals surface area contributed by atoms with Gasteiger partial charge >= 0.3 is 5.97 Å². The molecule has 1 rings (SSSR count). The van der Waals surface area contributed by atoms with Crippen LogP contribution in [-0.2, 0) is 22.6 Å². The molecule has 1 aromatic rings. The fourth-order valence-electron chi connectivity index (χ4n) is 1.71. The number of imidazole rings is 1. The van der Waals surface area contributed by atoms with E-state index in [0.29, 0.717) is 6.54 Å². The van der Waals surface area contributed by atoms with E-state index in [1.165, 1.54) is 7.11 Å². The Bertz CT molecular complexity index is 360. The highest BCUT2D eigenvalue weighted by Gasteiger charge is 2.22. The maximum absolute atomic E-state index is 11.6. The highest BCUT2D eigenvalue weighted by Crippen LogP contribution is 2.05. The Labute approximate surface area is 102 Å². The quantitative estimate of drug-likeness (QED) is 0.758. The van der Waals surface area contributed by atoms with Crippen molar-refractivity contribution in [2.75, 3.05) is 7.11 Å². The zero-order valence-electron chi connectivity index (χ0n) is 10.9. The number of nitrogens with zero attached hydrogens (tertiary/aromatic N) is 2. The number of ether oxygens (including phenoxy) is 1. The Hall–Kier alpha value is -1.36. The first-order valence-electron chi connectivity index (χ1n) is 5.91. The van der Waals surface area contributed by atoms with E-state index in [0.717, 1.165) is 12.4 Å². The standard InChI is InChI=1S/C12H21N3O2/c1-5-15-7-6-13-10(15)8-14-11(9(2)3)12(16)17-4/h6-7,9,11,14H,5,8H2,1-4H3/t11-/m0/s1. The van der Waals surface area contributed by atoms with Crippen LogP contribution in [0.25, 0.3) is 0 Å². The van der Waals surface area contributed by atoms with Crippen molar-refractivity contribution in [2.24, 2.45) is 5.92 Å². The van der Waals surface area contributed by atoms with Crippen LogP contribution in [-0.4, -0.2) is 28.7 Å². The number of carbonyl (C=O) groups is 1. The maximum Gasteiger partial charge on any atom is 0.323 e. The normalized spacial score (nSPS) is 12.8. The summed E-state index contributed by atoms with van der Waals surface area (Å²) in [5.74, 6) is 0.893. The van der Waals surface area contributed by atoms with Gasteiger partial charge in [0.1, 0.15) is 11.9 Å². The van der Waals surface area contributed by atoms with Crippen LogP contribution in [0.3, 0.4) is 0 Å². The number of esters is 1. The first kappa shape index (κ1) is 13.7. The van der Waals surface area contributed by atoms with Gasteiger partial charge in [-0.2, -0.15) is 0 Å². The predicted octanol–water partition coefficient (Wildman–Crippen LogP) is 1.19. The average molecular weight is 239 g/mol. The van der Waals surface area contributed by atoms with Gasteiger partial charge in [-0.3, -0.25) is 10.1 Å². The van der Waals surface area contributed by atoms with Crippen molar-refractivity contribution in [3.05, 3.63) is 18.2 Å². The minimum Gasteiger partial charge on any atom is -0.468 e. The first-order valence-corrected chi connectivity index (χ1v) is 5.91. The molecule has 0 radical (unpaired) electrons. The third kappa shape index (κ3) is 3.56. The second kappa shape index (κ2) is 6.39. The van der Waals surface area contributed by atoms with Gasteiger partial charge in [-0.1, -0.05) is 13.8 Å². The lowest BCUT2D eigenvalue weighted by Crippen LogP contribution is -2.41. The molecule has 0 saturated heterocycles. The monoisotopic (exact) mass is 239 g/mol. The van der Waals surface area contributed by atoms with Gasteiger partial charge in [0.05, 0.1) is 13.7 Å². The van der Waals surface area contributed by atoms with E-state index in [-0.39, 0.29) is 17.9 Å². The Morgan fingerprint density at radius 1 is 1.59 bits per heavy atom. The summed E-state index contributed by atoms with van der Waals surface area (Å²) in [6.45, 7) is 7.48. The van der Waals surface area contributed by atoms with Gasteiger partial charge < -0.3 is 9.30 Å². The first-order chi connectivity index (χ1) is 8.10. The van der Waals surface area contributed by atoms with E-state index in [1.807, 2.05) is 24.6 Å². The number of aromatic nitrogens is 2. The van der Waals surface area contributed by atoms with Gasteiger partial charge in [0.15, 0.2) is 0 Å². The Balaban J connectivity index is 2.61. The fourth-order valence-corrected chi connectivity index (χ4v) is 1.71. The zero-order valence-corrected chi connectivity index (χ0v) is 10.9. The molecule has 17 heavy (non-hydrogen) atoms. The molecule has 0 fully saturated rings. The molecule has 1 aromatic heterocycles. The summed E-state index contributed by atoms with van der Waals surface area (Å²) >= 11 is 0. The Morgan fingerprint density at radius 3 is 2.82 bits per heavy atom. The van der Waals surface area contributed by atoms with Crippen LogP contribution in [0.5, 0.6) is 0 Å². The Morgan fingerprint density at radius 2 is 2.29 bits per heavy atom. The van der Waals surface area contributed by atoms with E-state index in [4.69, 9.17) is 4.74 Å². The SMILES string of the molecule is CCn1ccnc1CN[C@H](C(=O)OC)C(C)C. The molecule has 5 nitrogen and oxygen atoms in total. The van der Waals surface area contributed by atoms with Gasteiger partial charge in [0.25, 0.3) is 0 Å². The minimum atomic E-state index is -0.290. The molecule has 0 aliphatic rings. The smallest absolute Gasteiger partial charge is 0.323 e. The van der Waals surface area contributed by atoms with Crippen molar-refractivity contribution in [2.45, 2.75) is 39.9 Å². The third-order valence-corrected chi connectivity index (χ3v) is 2.74. The van der Waals surface area contributed by atoms with Crippen molar-refractivity contribution in [1.82, 2.24) is 14.9 Å². The summed E-state index contributed by atoms with van der Waals surface area (Å²) in [6, 6.07) is -0.290. The molecule has 0 saturated carbocycles. The number of methoxy groups -OCH3 is 1. The van der Waals surface area contributed by atoms with Gasteiger partial charge in [0, 0.05) is 18.9 Å². The number of hydrogen-bond donors (Lipinski definition) is 1. The van der Waals surface area contributed by atoms with Gasteiger partial charge in [0.2, 0.25) is 0 Å². The van der Waals surface area contributed by atoms with E-state index >= 15 is 0 Å². The van der Waals surface area contributed by atoms with Crippen LogP contribution in [0.1, 0.15) is 26.6 Å². The fraction of sp³-hybridized carbons (Fsp3) is 0.667. The van der Waals surface area contributed by atoms with Crippen molar-refractivity contribution < 1.29 is 9.53 Å². The molecule has 0 spiro atoms. The highest BCUT2D eigenvalue weighted by atomic mass is 16.5. The summed E-state index contributed by atoms with van der Waals surface area (Å²) < 4.78 is 6.81. The minimum absolute atomic E-state index is 0.187. The van der Waals surface area contributed by atoms with Crippen LogP contribution in [0, 0.1) is 5.92 Å². The second-order valence-corrected chi connectivity index (χ2v) is 4.26. The molecule has 0 amide bonds. The zero-order chi connectivity index (χ0) is 12.8. The second-order valence-electron chi connectivity index (χ2n) is 4.26. The van der Waals surface area contributed by atoms with Crippen LogP contribution in [0.15, 0.2) is 12.4 Å². The number of aryl methyl sites for hydroxylation is 1. The topological polar surface area (TPSA) is 56.2 Å². The van der Waals surface area contributed by atoms with E-state index in [2.05, 4.69) is 17.2 Å². The average Bonchev–Trinajstić information content (AvgIpc) is 2.75. The molecule has 1 atom stereocenters. The van der Waals surface area contributed by atoms with E-state index in [9.17, 15) is 4.79 Å². The van der Waals surface area contributed by atoms with Gasteiger partial charge in [-0.15, -0.1) is 0 Å². The van der Waals surface area contributed by atoms with Crippen LogP contribution >= 0.6 is 0 Å². The predicted molar refractivity (Wildman–Crippen MR) is 65.4 cm³/mol. The van der Waals surface area contributed by atoms with Crippen LogP contribution in [0.4, 0.5) is 0 Å². The molecule has 96 valence electrons. The maximum atomic E-state index is 11.6. The summed E-state index contributed by atoms with van der Waals surface area (Å²) in [7, 11) is 1.41. The number of rotatable bonds is 6. The lowest BCUT2D eigenvalue weighted by Gasteiger charge is -2.19. The number of nitrogens with one attached hydrogen (secondary N) is 1. The summed E-state index contributed by atoms with van der Waals surface area (Å²) in [5.41, 5.74) is 0. The van der Waals surface area contributed by atoms with Crippen molar-refractivity contribution in [3.8, 4) is 0 Å². The molecule has 5 heteroatoms. The van der Waals surface area contributed by atoms with Crippen molar-refractivity contribution in [1.29, 1.82) is 0 Å². The molecule has 0 aliphatic carbocycles. The summed E-state index contributed by atoms with van der Waals surface area (Å²) in [4.78, 5) is 15.8. The largest absolute Gasteiger partial charge is 0.468 e. The molecule has 1 N–H and O–H groups in total. The van der Waals surface area contributed by atoms with Crippen LogP contribution < -0.4 is 5.32 Å². The lowest BCUT2D eigenvalue weighted by molar-refractivity contribution is -0.144. The molecular formula is C12H21N3O2. The number of hydrogen-bond acceptors (Lipinski definition) is 4. The summed E-state index contributed by atoms with van der Waals surface area (Å²) in [5, 5.41) is 3.19. The molecule has 0 aliphatic heterocycles. The number of carbonyl (C=O) groups excluding carboxylic acids is 1. The molecular weight excluding hydrogens is 218 g/mol. The third-order valence-electron chi connectivity index (χ3n) is 2.74. The molecule has 0 bridgehead atoms. The van der Waals surface area contributed by atoms with Crippen LogP contribution in [0.2, 0.25) is 0 Å². The van der Waals surface area contributed by atoms with Crippen molar-refractivity contribution in [3.63, 3.8) is 0 Å². The van der Waals surface area contributed by atoms with E-state index in [1.54, 1.807) is 6.20 Å². The van der Waals surface area contributed by atoms with Crippen molar-refractivity contribution >= 4 is 5.97 Å². The molecule has 0 aromatic carbocycles. The lowest BCUT2D eigenvalue weighted by atomic mass is 10.0. The molecule has 0 unspecified atom stereocenters. The van der Waals surface area contributed by atoms with Gasteiger partial charge in [-0.05, 0) is 12.8 Å². The Kier molecular flexibility index (Phi) is 5.15. The molecule has 1 heterocycles.